The van der Waals surface area contributed by atoms with E-state index in [4.69, 9.17) is 39.5 Å². The number of aliphatic hydroxyl groups is 1. The van der Waals surface area contributed by atoms with Crippen molar-refractivity contribution in [1.82, 2.24) is 5.32 Å². The molecule has 1 aliphatic carbocycles. The predicted molar refractivity (Wildman–Crippen MR) is 78.8 cm³/mol. The van der Waals surface area contributed by atoms with Gasteiger partial charge in [-0.2, -0.15) is 0 Å². The summed E-state index contributed by atoms with van der Waals surface area (Å²) in [7, 11) is 0. The molecule has 0 spiro atoms. The quantitative estimate of drug-likeness (QED) is 0.811. The van der Waals surface area contributed by atoms with Gasteiger partial charge in [0.25, 0.3) is 5.91 Å². The molecule has 2 N–H and O–H groups in total. The number of amides is 1. The Kier molecular flexibility index (Phi) is 5.02. The van der Waals surface area contributed by atoms with Crippen LogP contribution in [0.1, 0.15) is 19.3 Å². The van der Waals surface area contributed by atoms with E-state index in [-0.39, 0.29) is 24.1 Å². The van der Waals surface area contributed by atoms with Gasteiger partial charge in [0.05, 0.1) is 20.7 Å². The van der Waals surface area contributed by atoms with Gasteiger partial charge in [-0.15, -0.1) is 0 Å². The number of hydrogen-bond acceptors (Lipinski definition) is 3. The standard InChI is InChI=1S/C13H14Cl3NO3/c14-8-4-10(16)11(5-9(8)15)20-6-12(18)17-7-13(19)2-1-3-13/h4-5,19H,1-3,6-7H2,(H,17,18). The summed E-state index contributed by atoms with van der Waals surface area (Å²) in [6.45, 7) is 0.0397. The summed E-state index contributed by atoms with van der Waals surface area (Å²) in [4.78, 5) is 11.6. The van der Waals surface area contributed by atoms with Gasteiger partial charge in [-0.1, -0.05) is 34.8 Å². The Hall–Kier alpha value is -0.680. The highest BCUT2D eigenvalue weighted by Gasteiger charge is 2.34. The molecule has 0 unspecified atom stereocenters. The second kappa shape index (κ2) is 6.39. The Morgan fingerprint density at radius 3 is 2.50 bits per heavy atom. The van der Waals surface area contributed by atoms with Gasteiger partial charge in [0, 0.05) is 12.6 Å². The normalized spacial score (nSPS) is 16.4. The van der Waals surface area contributed by atoms with Gasteiger partial charge in [-0.05, 0) is 25.3 Å². The number of ether oxygens (including phenoxy) is 1. The van der Waals surface area contributed by atoms with Gasteiger partial charge in [-0.3, -0.25) is 4.79 Å². The fourth-order valence-corrected chi connectivity index (χ4v) is 2.43. The van der Waals surface area contributed by atoms with Crippen molar-refractivity contribution in [3.63, 3.8) is 0 Å². The van der Waals surface area contributed by atoms with Gasteiger partial charge in [-0.25, -0.2) is 0 Å². The van der Waals surface area contributed by atoms with E-state index in [1.54, 1.807) is 0 Å². The Labute approximate surface area is 132 Å². The van der Waals surface area contributed by atoms with Crippen molar-refractivity contribution in [3.8, 4) is 5.75 Å². The fourth-order valence-electron chi connectivity index (χ4n) is 1.83. The van der Waals surface area contributed by atoms with Crippen LogP contribution in [0.2, 0.25) is 15.1 Å². The molecule has 0 heterocycles. The van der Waals surface area contributed by atoms with Crippen LogP contribution in [0, 0.1) is 0 Å². The number of halogens is 3. The molecule has 0 saturated heterocycles. The van der Waals surface area contributed by atoms with Gasteiger partial charge < -0.3 is 15.2 Å². The first kappa shape index (κ1) is 15.7. The summed E-state index contributed by atoms with van der Waals surface area (Å²) in [6.07, 6.45) is 2.42. The molecule has 7 heteroatoms. The lowest BCUT2D eigenvalue weighted by molar-refractivity contribution is -0.125. The minimum absolute atomic E-state index is 0.201. The van der Waals surface area contributed by atoms with Crippen molar-refractivity contribution in [2.24, 2.45) is 0 Å². The molecule has 0 atom stereocenters. The lowest BCUT2D eigenvalue weighted by atomic mass is 9.80. The summed E-state index contributed by atoms with van der Waals surface area (Å²) in [5.41, 5.74) is -0.753. The van der Waals surface area contributed by atoms with E-state index in [1.807, 2.05) is 0 Å². The van der Waals surface area contributed by atoms with Crippen LogP contribution < -0.4 is 10.1 Å². The SMILES string of the molecule is O=C(COc1cc(Cl)c(Cl)cc1Cl)NCC1(O)CCC1. The number of carbonyl (C=O) groups excluding carboxylic acids is 1. The van der Waals surface area contributed by atoms with Crippen molar-refractivity contribution in [2.75, 3.05) is 13.2 Å². The molecule has 1 amide bonds. The van der Waals surface area contributed by atoms with Crippen molar-refractivity contribution >= 4 is 40.7 Å². The van der Waals surface area contributed by atoms with Crippen LogP contribution >= 0.6 is 34.8 Å². The molecule has 1 saturated carbocycles. The third-order valence-corrected chi connectivity index (χ3v) is 4.25. The molecular formula is C13H14Cl3NO3. The van der Waals surface area contributed by atoms with E-state index in [1.165, 1.54) is 12.1 Å². The van der Waals surface area contributed by atoms with E-state index in [9.17, 15) is 9.90 Å². The van der Waals surface area contributed by atoms with Crippen molar-refractivity contribution in [2.45, 2.75) is 24.9 Å². The first-order chi connectivity index (χ1) is 9.39. The minimum Gasteiger partial charge on any atom is -0.482 e. The first-order valence-electron chi connectivity index (χ1n) is 6.16. The molecule has 0 bridgehead atoms. The Balaban J connectivity index is 1.82. The first-order valence-corrected chi connectivity index (χ1v) is 7.29. The summed E-state index contributed by atoms with van der Waals surface area (Å²) in [5.74, 6) is -0.0361. The summed E-state index contributed by atoms with van der Waals surface area (Å²) in [6, 6.07) is 2.91. The van der Waals surface area contributed by atoms with Crippen LogP contribution in [0.5, 0.6) is 5.75 Å². The maximum atomic E-state index is 11.6. The summed E-state index contributed by atoms with van der Waals surface area (Å²) >= 11 is 17.6. The monoisotopic (exact) mass is 337 g/mol. The maximum absolute atomic E-state index is 11.6. The molecule has 1 aromatic rings. The number of nitrogens with one attached hydrogen (secondary N) is 1. The van der Waals surface area contributed by atoms with E-state index in [2.05, 4.69) is 5.32 Å². The second-order valence-corrected chi connectivity index (χ2v) is 6.06. The van der Waals surface area contributed by atoms with Gasteiger partial charge in [0.2, 0.25) is 0 Å². The molecule has 0 aliphatic heterocycles. The molecule has 1 fully saturated rings. The zero-order valence-electron chi connectivity index (χ0n) is 10.6. The predicted octanol–water partition coefficient (Wildman–Crippen LogP) is 3.06. The number of rotatable bonds is 5. The second-order valence-electron chi connectivity index (χ2n) is 4.84. The molecule has 1 aromatic carbocycles. The van der Waals surface area contributed by atoms with Crippen LogP contribution in [-0.2, 0) is 4.79 Å². The highest BCUT2D eigenvalue weighted by molar-refractivity contribution is 6.43. The highest BCUT2D eigenvalue weighted by atomic mass is 35.5. The Bertz CT molecular complexity index is 518. The van der Waals surface area contributed by atoms with Crippen molar-refractivity contribution < 1.29 is 14.6 Å². The molecule has 110 valence electrons. The van der Waals surface area contributed by atoms with Gasteiger partial charge >= 0.3 is 0 Å². The van der Waals surface area contributed by atoms with Crippen LogP contribution in [-0.4, -0.2) is 29.8 Å². The average molecular weight is 339 g/mol. The zero-order chi connectivity index (χ0) is 14.8. The fraction of sp³-hybridized carbons (Fsp3) is 0.462. The molecule has 4 nitrogen and oxygen atoms in total. The summed E-state index contributed by atoms with van der Waals surface area (Å²) < 4.78 is 5.28. The zero-order valence-corrected chi connectivity index (χ0v) is 12.9. The number of benzene rings is 1. The van der Waals surface area contributed by atoms with Crippen LogP contribution in [0.3, 0.4) is 0 Å². The molecule has 2 rings (SSSR count). The molecular weight excluding hydrogens is 325 g/mol. The van der Waals surface area contributed by atoms with Crippen LogP contribution in [0.15, 0.2) is 12.1 Å². The van der Waals surface area contributed by atoms with E-state index >= 15 is 0 Å². The molecule has 0 aromatic heterocycles. The highest BCUT2D eigenvalue weighted by Crippen LogP contribution is 2.34. The third-order valence-electron chi connectivity index (χ3n) is 3.23. The molecule has 20 heavy (non-hydrogen) atoms. The summed E-state index contributed by atoms with van der Waals surface area (Å²) in [5, 5.41) is 13.4. The van der Waals surface area contributed by atoms with Crippen LogP contribution in [0.4, 0.5) is 0 Å². The minimum atomic E-state index is -0.753. The van der Waals surface area contributed by atoms with Gasteiger partial charge in [0.1, 0.15) is 5.75 Å². The van der Waals surface area contributed by atoms with E-state index in [0.717, 1.165) is 6.42 Å². The molecule has 0 radical (unpaired) electrons. The molecule has 1 aliphatic rings. The average Bonchev–Trinajstić information content (AvgIpc) is 2.37. The third kappa shape index (κ3) is 3.92. The lowest BCUT2D eigenvalue weighted by Gasteiger charge is -2.36. The Morgan fingerprint density at radius 1 is 1.25 bits per heavy atom. The topological polar surface area (TPSA) is 58.6 Å². The largest absolute Gasteiger partial charge is 0.482 e. The van der Waals surface area contributed by atoms with Gasteiger partial charge in [0.15, 0.2) is 6.61 Å². The van der Waals surface area contributed by atoms with E-state index < -0.39 is 5.60 Å². The van der Waals surface area contributed by atoms with Crippen molar-refractivity contribution in [3.05, 3.63) is 27.2 Å². The Morgan fingerprint density at radius 2 is 1.90 bits per heavy atom. The maximum Gasteiger partial charge on any atom is 0.258 e. The smallest absolute Gasteiger partial charge is 0.258 e. The van der Waals surface area contributed by atoms with E-state index in [0.29, 0.717) is 28.6 Å². The number of carbonyl (C=O) groups is 1. The van der Waals surface area contributed by atoms with Crippen molar-refractivity contribution in [1.29, 1.82) is 0 Å². The number of hydrogen-bond donors (Lipinski definition) is 2. The van der Waals surface area contributed by atoms with Crippen LogP contribution in [0.25, 0.3) is 0 Å². The lowest BCUT2D eigenvalue weighted by Crippen LogP contribution is -2.48.